The maximum Gasteiger partial charge on any atom is 0.322 e. The van der Waals surface area contributed by atoms with Crippen LogP contribution < -0.4 is 22.1 Å². The van der Waals surface area contributed by atoms with Crippen molar-refractivity contribution in [3.63, 3.8) is 0 Å². The van der Waals surface area contributed by atoms with Gasteiger partial charge in [-0.05, 0) is 52.2 Å². The van der Waals surface area contributed by atoms with Crippen molar-refractivity contribution in [2.45, 2.75) is 11.3 Å². The number of amides is 3. The predicted octanol–water partition coefficient (Wildman–Crippen LogP) is 3.52. The Balaban J connectivity index is 1.40. The molecule has 1 atom stereocenters. The summed E-state index contributed by atoms with van der Waals surface area (Å²) in [5.74, 6) is -0.526. The van der Waals surface area contributed by atoms with Crippen LogP contribution in [0.2, 0.25) is 0 Å². The SMILES string of the molecule is NC(=O)C1(c2cc(-c3ccsc3)ccc2N)NC2=C(CN(C(=O)Nc3cccnc3)CC2)S1. The fraction of sp³-hybridized carbons (Fsp3) is 0.174. The third-order valence-electron chi connectivity index (χ3n) is 5.74. The largest absolute Gasteiger partial charge is 0.398 e. The second-order valence-corrected chi connectivity index (χ2v) is 9.92. The van der Waals surface area contributed by atoms with E-state index in [1.807, 2.05) is 29.0 Å². The average Bonchev–Trinajstić information content (AvgIpc) is 3.48. The van der Waals surface area contributed by atoms with Crippen LogP contribution in [0.15, 0.2) is 70.2 Å². The number of nitrogens with two attached hydrogens (primary N) is 2. The Bertz CT molecular complexity index is 1250. The van der Waals surface area contributed by atoms with Crippen LogP contribution in [0.1, 0.15) is 12.0 Å². The highest BCUT2D eigenvalue weighted by Gasteiger charge is 2.48. The van der Waals surface area contributed by atoms with E-state index in [1.165, 1.54) is 11.8 Å². The molecule has 0 aliphatic carbocycles. The van der Waals surface area contributed by atoms with Crippen LogP contribution in [0.4, 0.5) is 16.2 Å². The fourth-order valence-corrected chi connectivity index (χ4v) is 6.12. The van der Waals surface area contributed by atoms with Crippen molar-refractivity contribution in [2.75, 3.05) is 24.1 Å². The molecule has 168 valence electrons. The molecule has 4 heterocycles. The molecule has 5 rings (SSSR count). The molecule has 0 saturated carbocycles. The molecule has 0 bridgehead atoms. The first-order valence-corrected chi connectivity index (χ1v) is 12.1. The van der Waals surface area contributed by atoms with Crippen LogP contribution in [0, 0.1) is 0 Å². The average molecular weight is 479 g/mol. The number of thiophene rings is 1. The number of pyridine rings is 1. The highest BCUT2D eigenvalue weighted by Crippen LogP contribution is 2.50. The molecule has 6 N–H and O–H groups in total. The summed E-state index contributed by atoms with van der Waals surface area (Å²) < 4.78 is 0. The molecule has 2 aromatic heterocycles. The normalized spacial score (nSPS) is 19.7. The van der Waals surface area contributed by atoms with Crippen molar-refractivity contribution in [1.29, 1.82) is 0 Å². The van der Waals surface area contributed by atoms with Crippen molar-refractivity contribution >= 4 is 46.4 Å². The van der Waals surface area contributed by atoms with Crippen LogP contribution in [0.3, 0.4) is 0 Å². The molecule has 10 heteroatoms. The van der Waals surface area contributed by atoms with E-state index < -0.39 is 10.8 Å². The number of hydrogen-bond donors (Lipinski definition) is 4. The van der Waals surface area contributed by atoms with Crippen molar-refractivity contribution in [3.05, 3.63) is 75.7 Å². The number of carbonyl (C=O) groups is 2. The smallest absolute Gasteiger partial charge is 0.322 e. The Labute approximate surface area is 199 Å². The van der Waals surface area contributed by atoms with E-state index in [4.69, 9.17) is 11.5 Å². The minimum atomic E-state index is -1.23. The van der Waals surface area contributed by atoms with Crippen LogP contribution in [-0.4, -0.2) is 34.9 Å². The number of nitrogens with one attached hydrogen (secondary N) is 2. The van der Waals surface area contributed by atoms with Crippen molar-refractivity contribution in [3.8, 4) is 11.1 Å². The summed E-state index contributed by atoms with van der Waals surface area (Å²) in [6.07, 6.45) is 3.83. The monoisotopic (exact) mass is 478 g/mol. The van der Waals surface area contributed by atoms with Crippen molar-refractivity contribution < 1.29 is 9.59 Å². The summed E-state index contributed by atoms with van der Waals surface area (Å²) in [7, 11) is 0. The van der Waals surface area contributed by atoms with Gasteiger partial charge in [0.15, 0.2) is 4.87 Å². The summed E-state index contributed by atoms with van der Waals surface area (Å²) in [4.78, 5) is 31.0. The highest BCUT2D eigenvalue weighted by atomic mass is 32.2. The molecule has 3 aromatic rings. The lowest BCUT2D eigenvalue weighted by Gasteiger charge is -2.29. The van der Waals surface area contributed by atoms with E-state index in [0.29, 0.717) is 36.4 Å². The number of hydrogen-bond acceptors (Lipinski definition) is 7. The van der Waals surface area contributed by atoms with E-state index in [2.05, 4.69) is 15.6 Å². The van der Waals surface area contributed by atoms with E-state index in [9.17, 15) is 9.59 Å². The molecular formula is C23H22N6O2S2. The number of nitrogens with zero attached hydrogens (tertiary/aromatic N) is 2. The topological polar surface area (TPSA) is 126 Å². The number of benzene rings is 1. The zero-order valence-corrected chi connectivity index (χ0v) is 19.2. The molecule has 0 radical (unpaired) electrons. The van der Waals surface area contributed by atoms with Crippen LogP contribution in [-0.2, 0) is 9.67 Å². The molecule has 0 fully saturated rings. The summed E-state index contributed by atoms with van der Waals surface area (Å²) in [5.41, 5.74) is 17.0. The molecule has 0 spiro atoms. The molecule has 2 aliphatic heterocycles. The maximum absolute atomic E-state index is 12.8. The van der Waals surface area contributed by atoms with Crippen molar-refractivity contribution in [2.24, 2.45) is 5.73 Å². The summed E-state index contributed by atoms with van der Waals surface area (Å²) >= 11 is 2.94. The number of aromatic nitrogens is 1. The second-order valence-electron chi connectivity index (χ2n) is 7.83. The molecular weight excluding hydrogens is 456 g/mol. The lowest BCUT2D eigenvalue weighted by Crippen LogP contribution is -2.47. The Morgan fingerprint density at radius 2 is 2.09 bits per heavy atom. The van der Waals surface area contributed by atoms with Gasteiger partial charge in [-0.3, -0.25) is 9.78 Å². The quantitative estimate of drug-likeness (QED) is 0.425. The first kappa shape index (κ1) is 21.4. The number of rotatable bonds is 4. The predicted molar refractivity (Wildman–Crippen MR) is 132 cm³/mol. The van der Waals surface area contributed by atoms with Gasteiger partial charge in [0, 0.05) is 41.0 Å². The minimum absolute atomic E-state index is 0.217. The number of anilines is 2. The van der Waals surface area contributed by atoms with Crippen LogP contribution in [0.5, 0.6) is 0 Å². The molecule has 3 amide bonds. The molecule has 0 saturated heterocycles. The standard InChI is InChI=1S/C23H22N6O2S2/c24-18-4-3-14(15-6-9-32-13-15)10-17(18)23(21(25)30)28-19-5-8-29(12-20(19)33-23)22(31)27-16-2-1-7-26-11-16/h1-4,6-7,9-11,13,28H,5,8,12,24H2,(H2,25,30)(H,27,31). The second kappa shape index (κ2) is 8.45. The minimum Gasteiger partial charge on any atom is -0.398 e. The van der Waals surface area contributed by atoms with Gasteiger partial charge in [-0.15, -0.1) is 0 Å². The maximum atomic E-state index is 12.8. The van der Waals surface area contributed by atoms with Crippen LogP contribution >= 0.6 is 23.1 Å². The van der Waals surface area contributed by atoms with E-state index >= 15 is 0 Å². The van der Waals surface area contributed by atoms with E-state index in [0.717, 1.165) is 21.7 Å². The van der Waals surface area contributed by atoms with Gasteiger partial charge in [0.2, 0.25) is 0 Å². The molecule has 8 nitrogen and oxygen atoms in total. The number of urea groups is 1. The zero-order chi connectivity index (χ0) is 23.0. The molecule has 2 aliphatic rings. The lowest BCUT2D eigenvalue weighted by molar-refractivity contribution is -0.121. The molecule has 33 heavy (non-hydrogen) atoms. The van der Waals surface area contributed by atoms with Gasteiger partial charge in [-0.25, -0.2) is 4.79 Å². The van der Waals surface area contributed by atoms with E-state index in [1.54, 1.807) is 46.8 Å². The first-order chi connectivity index (χ1) is 16.0. The highest BCUT2D eigenvalue weighted by molar-refractivity contribution is 8.05. The Morgan fingerprint density at radius 3 is 2.82 bits per heavy atom. The molecule has 1 unspecified atom stereocenters. The summed E-state index contributed by atoms with van der Waals surface area (Å²) in [6.45, 7) is 0.885. The summed E-state index contributed by atoms with van der Waals surface area (Å²) in [6, 6.07) is 11.0. The Morgan fingerprint density at radius 1 is 1.21 bits per heavy atom. The first-order valence-electron chi connectivity index (χ1n) is 10.3. The number of thioether (sulfide) groups is 1. The summed E-state index contributed by atoms with van der Waals surface area (Å²) in [5, 5.41) is 10.3. The van der Waals surface area contributed by atoms with E-state index in [-0.39, 0.29) is 6.03 Å². The third-order valence-corrected chi connectivity index (χ3v) is 7.87. The van der Waals surface area contributed by atoms with Gasteiger partial charge in [0.25, 0.3) is 5.91 Å². The Kier molecular flexibility index (Phi) is 5.47. The zero-order valence-electron chi connectivity index (χ0n) is 17.6. The molecule has 1 aromatic carbocycles. The number of primary amides is 1. The Hall–Kier alpha value is -3.50. The van der Waals surface area contributed by atoms with Gasteiger partial charge in [-0.2, -0.15) is 11.3 Å². The lowest BCUT2D eigenvalue weighted by atomic mass is 9.97. The van der Waals surface area contributed by atoms with Gasteiger partial charge >= 0.3 is 6.03 Å². The number of nitrogen functional groups attached to an aromatic ring is 1. The van der Waals surface area contributed by atoms with Gasteiger partial charge in [0.05, 0.1) is 18.4 Å². The van der Waals surface area contributed by atoms with Crippen LogP contribution in [0.25, 0.3) is 11.1 Å². The van der Waals surface area contributed by atoms with Gasteiger partial charge < -0.3 is 27.0 Å². The number of carbonyl (C=O) groups excluding carboxylic acids is 2. The fourth-order valence-electron chi connectivity index (χ4n) is 4.03. The van der Waals surface area contributed by atoms with Gasteiger partial charge in [-0.1, -0.05) is 17.8 Å². The van der Waals surface area contributed by atoms with Gasteiger partial charge in [0.1, 0.15) is 0 Å². The third kappa shape index (κ3) is 3.91. The van der Waals surface area contributed by atoms with Crippen molar-refractivity contribution in [1.82, 2.24) is 15.2 Å².